The molecule has 1 N–H and O–H groups in total. The molecule has 0 aliphatic rings. The van der Waals surface area contributed by atoms with E-state index in [2.05, 4.69) is 15.3 Å². The van der Waals surface area contributed by atoms with Gasteiger partial charge in [-0.2, -0.15) is 0 Å². The van der Waals surface area contributed by atoms with E-state index in [1.54, 1.807) is 11.9 Å². The van der Waals surface area contributed by atoms with Gasteiger partial charge in [0, 0.05) is 26.0 Å². The Hall–Kier alpha value is -3.41. The van der Waals surface area contributed by atoms with Gasteiger partial charge in [-0.3, -0.25) is 4.79 Å². The van der Waals surface area contributed by atoms with Crippen LogP contribution in [0.4, 0.5) is 11.6 Å². The predicted octanol–water partition coefficient (Wildman–Crippen LogP) is 4.28. The highest BCUT2D eigenvalue weighted by atomic mass is 16.5. The SMILES string of the molecule is CC(C)Oc1ccccc1Nc1ncc(C(=O)N(C)Cc2ccccc2)cn1. The average molecular weight is 376 g/mol. The van der Waals surface area contributed by atoms with Crippen LogP contribution in [-0.2, 0) is 6.54 Å². The van der Waals surface area contributed by atoms with Crippen molar-refractivity contribution in [3.63, 3.8) is 0 Å². The van der Waals surface area contributed by atoms with Crippen molar-refractivity contribution < 1.29 is 9.53 Å². The first kappa shape index (κ1) is 19.4. The third kappa shape index (κ3) is 5.07. The second-order valence-electron chi connectivity index (χ2n) is 6.73. The predicted molar refractivity (Wildman–Crippen MR) is 110 cm³/mol. The van der Waals surface area contributed by atoms with Gasteiger partial charge in [-0.15, -0.1) is 0 Å². The molecular weight excluding hydrogens is 352 g/mol. The number of benzene rings is 2. The van der Waals surface area contributed by atoms with Gasteiger partial charge < -0.3 is 15.0 Å². The standard InChI is InChI=1S/C22H24N4O2/c1-16(2)28-20-12-8-7-11-19(20)25-22-23-13-18(14-24-22)21(27)26(3)15-17-9-5-4-6-10-17/h4-14,16H,15H2,1-3H3,(H,23,24,25). The molecule has 0 bridgehead atoms. The molecule has 1 heterocycles. The van der Waals surface area contributed by atoms with Crippen LogP contribution in [0.3, 0.4) is 0 Å². The lowest BCUT2D eigenvalue weighted by Crippen LogP contribution is -2.26. The van der Waals surface area contributed by atoms with Gasteiger partial charge in [-0.1, -0.05) is 42.5 Å². The molecule has 0 atom stereocenters. The summed E-state index contributed by atoms with van der Waals surface area (Å²) in [6.45, 7) is 4.47. The monoisotopic (exact) mass is 376 g/mol. The van der Waals surface area contributed by atoms with E-state index in [-0.39, 0.29) is 12.0 Å². The Bertz CT molecular complexity index is 911. The van der Waals surface area contributed by atoms with E-state index in [1.807, 2.05) is 68.4 Å². The maximum Gasteiger partial charge on any atom is 0.257 e. The third-order valence-corrected chi connectivity index (χ3v) is 4.00. The second-order valence-corrected chi connectivity index (χ2v) is 6.73. The Morgan fingerprint density at radius 2 is 1.68 bits per heavy atom. The number of nitrogens with zero attached hydrogens (tertiary/aromatic N) is 3. The maximum atomic E-state index is 12.6. The number of carbonyl (C=O) groups excluding carboxylic acids is 1. The fourth-order valence-electron chi connectivity index (χ4n) is 2.70. The molecule has 0 aliphatic heterocycles. The first-order valence-electron chi connectivity index (χ1n) is 9.17. The molecule has 0 saturated carbocycles. The van der Waals surface area contributed by atoms with Crippen molar-refractivity contribution in [2.24, 2.45) is 0 Å². The summed E-state index contributed by atoms with van der Waals surface area (Å²) in [5.41, 5.74) is 2.28. The number of anilines is 2. The molecule has 144 valence electrons. The zero-order valence-electron chi connectivity index (χ0n) is 16.3. The van der Waals surface area contributed by atoms with Gasteiger partial charge in [0.15, 0.2) is 0 Å². The summed E-state index contributed by atoms with van der Waals surface area (Å²) in [5, 5.41) is 3.14. The number of amides is 1. The smallest absolute Gasteiger partial charge is 0.257 e. The first-order valence-corrected chi connectivity index (χ1v) is 9.17. The van der Waals surface area contributed by atoms with Crippen LogP contribution in [0.1, 0.15) is 29.8 Å². The molecule has 0 fully saturated rings. The average Bonchev–Trinajstić information content (AvgIpc) is 2.70. The number of para-hydroxylation sites is 2. The number of ether oxygens (including phenoxy) is 1. The Balaban J connectivity index is 1.67. The Kier molecular flexibility index (Phi) is 6.22. The van der Waals surface area contributed by atoms with E-state index in [4.69, 9.17) is 4.74 Å². The Labute approximate surface area is 165 Å². The Morgan fingerprint density at radius 1 is 1.04 bits per heavy atom. The lowest BCUT2D eigenvalue weighted by Gasteiger charge is -2.17. The number of aromatic nitrogens is 2. The molecule has 0 spiro atoms. The highest BCUT2D eigenvalue weighted by Crippen LogP contribution is 2.26. The van der Waals surface area contributed by atoms with E-state index in [1.165, 1.54) is 12.4 Å². The topological polar surface area (TPSA) is 67.3 Å². The van der Waals surface area contributed by atoms with Gasteiger partial charge in [-0.25, -0.2) is 9.97 Å². The van der Waals surface area contributed by atoms with Gasteiger partial charge >= 0.3 is 0 Å². The summed E-state index contributed by atoms with van der Waals surface area (Å²) in [5.74, 6) is 1.00. The van der Waals surface area contributed by atoms with E-state index < -0.39 is 0 Å². The van der Waals surface area contributed by atoms with Gasteiger partial charge in [0.1, 0.15) is 5.75 Å². The highest BCUT2D eigenvalue weighted by molar-refractivity contribution is 5.93. The molecule has 0 aliphatic carbocycles. The summed E-state index contributed by atoms with van der Waals surface area (Å²) in [7, 11) is 1.76. The van der Waals surface area contributed by atoms with E-state index in [9.17, 15) is 4.79 Å². The third-order valence-electron chi connectivity index (χ3n) is 4.00. The minimum atomic E-state index is -0.126. The van der Waals surface area contributed by atoms with Crippen LogP contribution in [0.2, 0.25) is 0 Å². The van der Waals surface area contributed by atoms with Gasteiger partial charge in [0.25, 0.3) is 5.91 Å². The summed E-state index contributed by atoms with van der Waals surface area (Å²) in [6.07, 6.45) is 3.12. The molecule has 0 unspecified atom stereocenters. The van der Waals surface area contributed by atoms with Crippen molar-refractivity contribution in [3.05, 3.63) is 78.1 Å². The number of hydrogen-bond acceptors (Lipinski definition) is 5. The fraction of sp³-hybridized carbons (Fsp3) is 0.227. The van der Waals surface area contributed by atoms with Gasteiger partial charge in [0.05, 0.1) is 17.4 Å². The van der Waals surface area contributed by atoms with Crippen molar-refractivity contribution in [2.75, 3.05) is 12.4 Å². The van der Waals surface area contributed by atoms with E-state index in [0.29, 0.717) is 18.1 Å². The zero-order chi connectivity index (χ0) is 19.9. The lowest BCUT2D eigenvalue weighted by atomic mass is 10.2. The second kappa shape index (κ2) is 8.99. The Morgan fingerprint density at radius 3 is 2.36 bits per heavy atom. The van der Waals surface area contributed by atoms with Crippen LogP contribution >= 0.6 is 0 Å². The number of rotatable bonds is 7. The molecule has 6 nitrogen and oxygen atoms in total. The van der Waals surface area contributed by atoms with Crippen LogP contribution in [0, 0.1) is 0 Å². The number of carbonyl (C=O) groups is 1. The number of nitrogens with one attached hydrogen (secondary N) is 1. The van der Waals surface area contributed by atoms with E-state index >= 15 is 0 Å². The molecule has 3 rings (SSSR count). The van der Waals surface area contributed by atoms with E-state index in [0.717, 1.165) is 17.0 Å². The molecular formula is C22H24N4O2. The van der Waals surface area contributed by atoms with Crippen molar-refractivity contribution in [1.29, 1.82) is 0 Å². The van der Waals surface area contributed by atoms with Crippen molar-refractivity contribution in [2.45, 2.75) is 26.5 Å². The molecule has 3 aromatic rings. The van der Waals surface area contributed by atoms with Crippen LogP contribution in [0.25, 0.3) is 0 Å². The lowest BCUT2D eigenvalue weighted by molar-refractivity contribution is 0.0784. The molecule has 0 radical (unpaired) electrons. The fourth-order valence-corrected chi connectivity index (χ4v) is 2.70. The molecule has 28 heavy (non-hydrogen) atoms. The van der Waals surface area contributed by atoms with Gasteiger partial charge in [0.2, 0.25) is 5.95 Å². The van der Waals surface area contributed by atoms with Gasteiger partial charge in [-0.05, 0) is 31.5 Å². The highest BCUT2D eigenvalue weighted by Gasteiger charge is 2.14. The largest absolute Gasteiger partial charge is 0.489 e. The summed E-state index contributed by atoms with van der Waals surface area (Å²) in [6, 6.07) is 17.5. The minimum absolute atomic E-state index is 0.0593. The minimum Gasteiger partial charge on any atom is -0.489 e. The van der Waals surface area contributed by atoms with Crippen LogP contribution in [0.15, 0.2) is 67.0 Å². The maximum absolute atomic E-state index is 12.6. The van der Waals surface area contributed by atoms with Crippen molar-refractivity contribution >= 4 is 17.5 Å². The zero-order valence-corrected chi connectivity index (χ0v) is 16.3. The number of hydrogen-bond donors (Lipinski definition) is 1. The quantitative estimate of drug-likeness (QED) is 0.667. The van der Waals surface area contributed by atoms with Crippen LogP contribution < -0.4 is 10.1 Å². The van der Waals surface area contributed by atoms with Crippen LogP contribution in [0.5, 0.6) is 5.75 Å². The molecule has 1 aromatic heterocycles. The molecule has 0 saturated heterocycles. The van der Waals surface area contributed by atoms with Crippen LogP contribution in [-0.4, -0.2) is 33.9 Å². The molecule has 6 heteroatoms. The normalized spacial score (nSPS) is 10.6. The molecule has 1 amide bonds. The van der Waals surface area contributed by atoms with Crippen molar-refractivity contribution in [1.82, 2.24) is 14.9 Å². The molecule has 2 aromatic carbocycles. The summed E-state index contributed by atoms with van der Waals surface area (Å²) >= 11 is 0. The first-order chi connectivity index (χ1) is 13.5. The van der Waals surface area contributed by atoms with Crippen molar-refractivity contribution in [3.8, 4) is 5.75 Å². The summed E-state index contributed by atoms with van der Waals surface area (Å²) < 4.78 is 5.79. The summed E-state index contributed by atoms with van der Waals surface area (Å²) in [4.78, 5) is 22.8.